The van der Waals surface area contributed by atoms with Gasteiger partial charge < -0.3 is 19.6 Å². The molecule has 6 nitrogen and oxygen atoms in total. The molecular formula is C2H3O6S-3. The number of hydrogen-bond donors (Lipinski definition) is 0. The van der Waals surface area contributed by atoms with Gasteiger partial charge in [-0.05, 0) is 6.16 Å². The molecule has 0 aliphatic rings. The van der Waals surface area contributed by atoms with E-state index >= 15 is 0 Å². The first-order chi connectivity index (χ1) is 3.73. The summed E-state index contributed by atoms with van der Waals surface area (Å²) in [5.41, 5.74) is 0. The standard InChI is InChI=1S/CH4O3S.CH2O3/c1-5(2,3)4;2-1(3)4/h1H3,(H,2,3,4);(H2,2,3,4)/p-3. The van der Waals surface area contributed by atoms with Crippen molar-refractivity contribution in [2.75, 3.05) is 6.26 Å². The molecule has 0 aliphatic carbocycles. The Morgan fingerprint density at radius 2 is 1.33 bits per heavy atom. The van der Waals surface area contributed by atoms with Crippen LogP contribution in [-0.4, -0.2) is 25.4 Å². The summed E-state index contributed by atoms with van der Waals surface area (Å²) in [6.07, 6.45) is -1.73. The minimum atomic E-state index is -3.92. The minimum absolute atomic E-state index is 0.604. The van der Waals surface area contributed by atoms with Crippen molar-refractivity contribution >= 4 is 16.3 Å². The summed E-state index contributed by atoms with van der Waals surface area (Å²) < 4.78 is 27.2. The third-order valence-corrected chi connectivity index (χ3v) is 0. The number of carbonyl (C=O) groups is 1. The third-order valence-electron chi connectivity index (χ3n) is 0. The van der Waals surface area contributed by atoms with Gasteiger partial charge in [-0.25, -0.2) is 8.42 Å². The minimum Gasteiger partial charge on any atom is -0.748 e. The van der Waals surface area contributed by atoms with Gasteiger partial charge >= 0.3 is 0 Å². The maximum absolute atomic E-state index is 9.08. The molecule has 7 heteroatoms. The summed E-state index contributed by atoms with van der Waals surface area (Å²) >= 11 is 0. The van der Waals surface area contributed by atoms with Gasteiger partial charge in [0.2, 0.25) is 0 Å². The molecule has 9 heavy (non-hydrogen) atoms. The van der Waals surface area contributed by atoms with Gasteiger partial charge in [0.05, 0.1) is 10.1 Å². The first-order valence-electron chi connectivity index (χ1n) is 1.52. The van der Waals surface area contributed by atoms with Crippen molar-refractivity contribution in [3.8, 4) is 0 Å². The zero-order valence-corrected chi connectivity index (χ0v) is 5.17. The summed E-state index contributed by atoms with van der Waals surface area (Å²) in [5.74, 6) is 0. The summed E-state index contributed by atoms with van der Waals surface area (Å²) in [4.78, 5) is 8.33. The fraction of sp³-hybridized carbons (Fsp3) is 0.500. The van der Waals surface area contributed by atoms with E-state index in [0.717, 1.165) is 0 Å². The van der Waals surface area contributed by atoms with E-state index in [0.29, 0.717) is 6.26 Å². The summed E-state index contributed by atoms with van der Waals surface area (Å²) in [5, 5.41) is 16.7. The fourth-order valence-corrected chi connectivity index (χ4v) is 0. The normalized spacial score (nSPS) is 9.11. The van der Waals surface area contributed by atoms with Gasteiger partial charge in [-0.3, -0.25) is 0 Å². The highest BCUT2D eigenvalue weighted by molar-refractivity contribution is 7.84. The van der Waals surface area contributed by atoms with Gasteiger partial charge in [0.15, 0.2) is 0 Å². The first kappa shape index (κ1) is 11.0. The van der Waals surface area contributed by atoms with E-state index in [1.54, 1.807) is 0 Å². The van der Waals surface area contributed by atoms with Crippen LogP contribution in [0, 0.1) is 0 Å². The van der Waals surface area contributed by atoms with E-state index in [-0.39, 0.29) is 0 Å². The summed E-state index contributed by atoms with van der Waals surface area (Å²) in [6.45, 7) is 0. The molecule has 0 N–H and O–H groups in total. The molecular weight excluding hydrogens is 152 g/mol. The van der Waals surface area contributed by atoms with E-state index in [1.165, 1.54) is 0 Å². The molecule has 0 atom stereocenters. The third kappa shape index (κ3) is 287. The lowest BCUT2D eigenvalue weighted by atomic mass is 11.5. The second kappa shape index (κ2) is 4.10. The lowest BCUT2D eigenvalue weighted by Gasteiger charge is -1.96. The molecule has 0 aromatic rings. The highest BCUT2D eigenvalue weighted by atomic mass is 32.2. The van der Waals surface area contributed by atoms with Crippen molar-refractivity contribution in [2.45, 2.75) is 0 Å². The molecule has 0 rings (SSSR count). The average molecular weight is 155 g/mol. The predicted octanol–water partition coefficient (Wildman–Crippen LogP) is -3.29. The van der Waals surface area contributed by atoms with Crippen LogP contribution < -0.4 is 10.2 Å². The van der Waals surface area contributed by atoms with Crippen LogP contribution in [0.15, 0.2) is 0 Å². The van der Waals surface area contributed by atoms with E-state index in [1.807, 2.05) is 0 Å². The molecule has 0 saturated heterocycles. The van der Waals surface area contributed by atoms with Gasteiger partial charge in [0.1, 0.15) is 0 Å². The Morgan fingerprint density at radius 3 is 1.33 bits per heavy atom. The zero-order valence-electron chi connectivity index (χ0n) is 4.36. The van der Waals surface area contributed by atoms with Crippen molar-refractivity contribution in [1.82, 2.24) is 0 Å². The largest absolute Gasteiger partial charge is 0.748 e. The number of carboxylic acid groups (broad SMARTS) is 2. The summed E-state index contributed by atoms with van der Waals surface area (Å²) in [6, 6.07) is 0. The molecule has 0 amide bonds. The Morgan fingerprint density at radius 1 is 1.33 bits per heavy atom. The van der Waals surface area contributed by atoms with Gasteiger partial charge in [-0.2, -0.15) is 0 Å². The quantitative estimate of drug-likeness (QED) is 0.338. The smallest absolute Gasteiger partial charge is 0.0916 e. The second-order valence-corrected chi connectivity index (χ2v) is 2.36. The van der Waals surface area contributed by atoms with E-state index in [4.69, 9.17) is 28.0 Å². The van der Waals surface area contributed by atoms with Crippen LogP contribution in [0.25, 0.3) is 0 Å². The molecule has 0 heterocycles. The molecule has 0 spiro atoms. The average Bonchev–Trinajstić information content (AvgIpc) is 1.19. The van der Waals surface area contributed by atoms with Gasteiger partial charge in [-0.15, -0.1) is 0 Å². The zero-order chi connectivity index (χ0) is 8.08. The van der Waals surface area contributed by atoms with Crippen LogP contribution >= 0.6 is 0 Å². The molecule has 0 unspecified atom stereocenters. The van der Waals surface area contributed by atoms with E-state index in [2.05, 4.69) is 0 Å². The Bertz CT molecular complexity index is 153. The maximum atomic E-state index is 9.08. The Hall–Kier alpha value is -0.820. The van der Waals surface area contributed by atoms with Crippen LogP contribution in [0.3, 0.4) is 0 Å². The molecule has 0 aliphatic heterocycles. The molecule has 0 aromatic heterocycles. The monoisotopic (exact) mass is 155 g/mol. The maximum Gasteiger partial charge on any atom is 0.0916 e. The Kier molecular flexibility index (Phi) is 5.03. The van der Waals surface area contributed by atoms with Crippen molar-refractivity contribution < 1.29 is 28.0 Å². The number of rotatable bonds is 0. The predicted molar refractivity (Wildman–Crippen MR) is 21.0 cm³/mol. The molecule has 0 fully saturated rings. The second-order valence-electron chi connectivity index (χ2n) is 0.954. The van der Waals surface area contributed by atoms with Crippen LogP contribution in [-0.2, 0) is 10.1 Å². The van der Waals surface area contributed by atoms with Crippen LogP contribution in [0.2, 0.25) is 0 Å². The van der Waals surface area contributed by atoms with Gasteiger partial charge in [-0.1, -0.05) is 0 Å². The number of hydrogen-bond acceptors (Lipinski definition) is 6. The van der Waals surface area contributed by atoms with E-state index < -0.39 is 16.3 Å². The Labute approximate surface area is 51.5 Å². The highest BCUT2D eigenvalue weighted by Crippen LogP contribution is 1.59. The molecule has 0 aromatic carbocycles. The lowest BCUT2D eigenvalue weighted by Crippen LogP contribution is -2.37. The first-order valence-corrected chi connectivity index (χ1v) is 3.34. The number of carbonyl (C=O) groups excluding carboxylic acids is 1. The van der Waals surface area contributed by atoms with Crippen LogP contribution in [0.4, 0.5) is 4.79 Å². The highest BCUT2D eigenvalue weighted by Gasteiger charge is 1.65. The molecule has 0 radical (unpaired) electrons. The van der Waals surface area contributed by atoms with Gasteiger partial charge in [0, 0.05) is 6.26 Å². The van der Waals surface area contributed by atoms with Crippen molar-refractivity contribution in [3.05, 3.63) is 0 Å². The van der Waals surface area contributed by atoms with Crippen LogP contribution in [0.1, 0.15) is 0 Å². The van der Waals surface area contributed by atoms with Gasteiger partial charge in [0.25, 0.3) is 0 Å². The molecule has 56 valence electrons. The topological polar surface area (TPSA) is 120 Å². The molecule has 0 saturated carbocycles. The van der Waals surface area contributed by atoms with Crippen molar-refractivity contribution in [2.24, 2.45) is 0 Å². The van der Waals surface area contributed by atoms with E-state index in [9.17, 15) is 0 Å². The summed E-state index contributed by atoms with van der Waals surface area (Å²) in [7, 11) is -3.92. The Balaban J connectivity index is 0. The van der Waals surface area contributed by atoms with Crippen molar-refractivity contribution in [1.29, 1.82) is 0 Å². The fourth-order valence-electron chi connectivity index (χ4n) is 0. The lowest BCUT2D eigenvalue weighted by molar-refractivity contribution is -0.415. The van der Waals surface area contributed by atoms with Crippen molar-refractivity contribution in [3.63, 3.8) is 0 Å². The van der Waals surface area contributed by atoms with Crippen LogP contribution in [0.5, 0.6) is 0 Å². The SMILES string of the molecule is CS(=O)(=O)[O-].O=C([O-])[O-]. The molecule has 0 bridgehead atoms.